The Hall–Kier alpha value is -1.79. The van der Waals surface area contributed by atoms with Gasteiger partial charge in [-0.3, -0.25) is 0 Å². The molecule has 0 saturated carbocycles. The van der Waals surface area contributed by atoms with Crippen molar-refractivity contribution in [1.29, 1.82) is 0 Å². The van der Waals surface area contributed by atoms with Gasteiger partial charge in [-0.2, -0.15) is 0 Å². The molecular weight excluding hydrogens is 298 g/mol. The summed E-state index contributed by atoms with van der Waals surface area (Å²) in [6.45, 7) is 5.09. The second kappa shape index (κ2) is 6.54. The number of aromatic nitrogens is 1. The highest BCUT2D eigenvalue weighted by molar-refractivity contribution is 7.13. The van der Waals surface area contributed by atoms with E-state index in [1.54, 1.807) is 18.4 Å². The second-order valence-electron chi connectivity index (χ2n) is 5.47. The van der Waals surface area contributed by atoms with Gasteiger partial charge < -0.3 is 19.6 Å². The summed E-state index contributed by atoms with van der Waals surface area (Å²) in [5.74, 6) is 0.884. The van der Waals surface area contributed by atoms with E-state index in [2.05, 4.69) is 33.8 Å². The van der Waals surface area contributed by atoms with Crippen LogP contribution in [0.4, 0.5) is 10.8 Å². The minimum Gasteiger partial charge on any atom is -0.497 e. The second-order valence-corrected chi connectivity index (χ2v) is 6.30. The number of hydrogen-bond donors (Lipinski definition) is 1. The number of anilines is 2. The fourth-order valence-corrected chi connectivity index (χ4v) is 3.72. The summed E-state index contributed by atoms with van der Waals surface area (Å²) in [6.07, 6.45) is 0. The van der Waals surface area contributed by atoms with Crippen LogP contribution in [0.3, 0.4) is 0 Å². The average Bonchev–Trinajstić information content (AvgIpc) is 3.03. The zero-order valence-corrected chi connectivity index (χ0v) is 13.7. The van der Waals surface area contributed by atoms with Crippen LogP contribution in [0.5, 0.6) is 5.75 Å². The van der Waals surface area contributed by atoms with Crippen molar-refractivity contribution in [3.8, 4) is 5.75 Å². The van der Waals surface area contributed by atoms with Gasteiger partial charge in [0.15, 0.2) is 5.13 Å². The molecule has 1 saturated heterocycles. The molecule has 1 fully saturated rings. The van der Waals surface area contributed by atoms with Crippen LogP contribution in [0.25, 0.3) is 0 Å². The lowest BCUT2D eigenvalue weighted by atomic mass is 10.1. The van der Waals surface area contributed by atoms with Gasteiger partial charge >= 0.3 is 0 Å². The fraction of sp³-hybridized carbons (Fsp3) is 0.438. The number of aliphatic hydroxyl groups excluding tert-OH is 1. The molecule has 6 heteroatoms. The number of ether oxygens (including phenoxy) is 1. The molecule has 1 atom stereocenters. The lowest BCUT2D eigenvalue weighted by Gasteiger charge is -2.41. The van der Waals surface area contributed by atoms with Crippen LogP contribution < -0.4 is 14.5 Å². The quantitative estimate of drug-likeness (QED) is 0.937. The van der Waals surface area contributed by atoms with Gasteiger partial charge in [0.05, 0.1) is 19.4 Å². The number of thiazole rings is 1. The third-order valence-electron chi connectivity index (χ3n) is 4.01. The third kappa shape index (κ3) is 3.03. The van der Waals surface area contributed by atoms with E-state index in [4.69, 9.17) is 9.84 Å². The smallest absolute Gasteiger partial charge is 0.185 e. The van der Waals surface area contributed by atoms with Crippen molar-refractivity contribution < 1.29 is 9.84 Å². The van der Waals surface area contributed by atoms with Gasteiger partial charge in [-0.05, 0) is 31.2 Å². The standard InChI is InChI=1S/C16H21N3O2S/c1-12-9-18(14-3-5-15(21-2)6-4-14)7-8-19(12)16-17-13(10-20)11-22-16/h3-6,11-12,20H,7-10H2,1-2H3/t12-/m0/s1. The van der Waals surface area contributed by atoms with Crippen molar-refractivity contribution in [3.05, 3.63) is 35.3 Å². The monoisotopic (exact) mass is 319 g/mol. The number of nitrogens with zero attached hydrogens (tertiary/aromatic N) is 3. The number of hydrogen-bond acceptors (Lipinski definition) is 6. The number of rotatable bonds is 4. The van der Waals surface area contributed by atoms with E-state index >= 15 is 0 Å². The first kappa shape index (κ1) is 15.1. The van der Waals surface area contributed by atoms with E-state index in [1.807, 2.05) is 17.5 Å². The van der Waals surface area contributed by atoms with Crippen molar-refractivity contribution in [1.82, 2.24) is 4.98 Å². The Morgan fingerprint density at radius 1 is 1.32 bits per heavy atom. The van der Waals surface area contributed by atoms with Crippen molar-refractivity contribution in [3.63, 3.8) is 0 Å². The van der Waals surface area contributed by atoms with Crippen LogP contribution in [0, 0.1) is 0 Å². The average molecular weight is 319 g/mol. The normalized spacial score (nSPS) is 18.6. The summed E-state index contributed by atoms with van der Waals surface area (Å²) in [5, 5.41) is 12.1. The van der Waals surface area contributed by atoms with Crippen molar-refractivity contribution >= 4 is 22.2 Å². The number of piperazine rings is 1. The summed E-state index contributed by atoms with van der Waals surface area (Å²) in [6, 6.07) is 8.60. The van der Waals surface area contributed by atoms with E-state index in [-0.39, 0.29) is 6.61 Å². The van der Waals surface area contributed by atoms with Gasteiger partial charge in [0, 0.05) is 36.7 Å². The molecule has 3 rings (SSSR count). The fourth-order valence-electron chi connectivity index (χ4n) is 2.77. The molecule has 0 aliphatic carbocycles. The van der Waals surface area contributed by atoms with Crippen molar-refractivity contribution in [2.75, 3.05) is 36.5 Å². The SMILES string of the molecule is COc1ccc(N2CCN(c3nc(CO)cs3)[C@@H](C)C2)cc1. The molecule has 5 nitrogen and oxygen atoms in total. The molecule has 2 aromatic rings. The highest BCUT2D eigenvalue weighted by Crippen LogP contribution is 2.27. The van der Waals surface area contributed by atoms with Gasteiger partial charge in [0.25, 0.3) is 0 Å². The highest BCUT2D eigenvalue weighted by Gasteiger charge is 2.25. The van der Waals surface area contributed by atoms with Crippen LogP contribution >= 0.6 is 11.3 Å². The highest BCUT2D eigenvalue weighted by atomic mass is 32.1. The number of aliphatic hydroxyl groups is 1. The molecule has 22 heavy (non-hydrogen) atoms. The van der Waals surface area contributed by atoms with Crippen LogP contribution in [0.2, 0.25) is 0 Å². The minimum atomic E-state index is 0.0106. The van der Waals surface area contributed by atoms with Crippen LogP contribution in [-0.4, -0.2) is 42.9 Å². The molecule has 0 spiro atoms. The predicted molar refractivity (Wildman–Crippen MR) is 90.1 cm³/mol. The Balaban J connectivity index is 1.68. The molecule has 1 aromatic carbocycles. The van der Waals surface area contributed by atoms with Crippen LogP contribution in [0.1, 0.15) is 12.6 Å². The summed E-state index contributed by atoms with van der Waals surface area (Å²) >= 11 is 1.61. The van der Waals surface area contributed by atoms with E-state index in [9.17, 15) is 0 Å². The first-order valence-electron chi connectivity index (χ1n) is 7.42. The van der Waals surface area contributed by atoms with Gasteiger partial charge in [0.1, 0.15) is 5.75 Å². The van der Waals surface area contributed by atoms with Gasteiger partial charge in [0.2, 0.25) is 0 Å². The maximum atomic E-state index is 9.16. The first-order valence-corrected chi connectivity index (χ1v) is 8.30. The minimum absolute atomic E-state index is 0.0106. The molecule has 0 radical (unpaired) electrons. The summed E-state index contributed by atoms with van der Waals surface area (Å²) in [7, 11) is 1.69. The van der Waals surface area contributed by atoms with E-state index in [0.717, 1.165) is 36.2 Å². The number of benzene rings is 1. The number of methoxy groups -OCH3 is 1. The maximum Gasteiger partial charge on any atom is 0.185 e. The van der Waals surface area contributed by atoms with Crippen molar-refractivity contribution in [2.24, 2.45) is 0 Å². The van der Waals surface area contributed by atoms with E-state index in [0.29, 0.717) is 6.04 Å². The van der Waals surface area contributed by atoms with E-state index < -0.39 is 0 Å². The Bertz CT molecular complexity index is 614. The zero-order valence-electron chi connectivity index (χ0n) is 12.9. The molecule has 118 valence electrons. The Morgan fingerprint density at radius 3 is 2.68 bits per heavy atom. The van der Waals surface area contributed by atoms with Crippen LogP contribution in [-0.2, 0) is 6.61 Å². The molecule has 0 amide bonds. The molecule has 1 aliphatic heterocycles. The molecule has 1 aromatic heterocycles. The summed E-state index contributed by atoms with van der Waals surface area (Å²) < 4.78 is 5.21. The molecular formula is C16H21N3O2S. The van der Waals surface area contributed by atoms with Gasteiger partial charge in [-0.15, -0.1) is 11.3 Å². The first-order chi connectivity index (χ1) is 10.7. The van der Waals surface area contributed by atoms with Gasteiger partial charge in [-0.1, -0.05) is 0 Å². The van der Waals surface area contributed by atoms with Gasteiger partial charge in [-0.25, -0.2) is 4.98 Å². The largest absolute Gasteiger partial charge is 0.497 e. The molecule has 1 aliphatic rings. The Labute approximate surface area is 134 Å². The molecule has 2 heterocycles. The summed E-state index contributed by atoms with van der Waals surface area (Å²) in [5.41, 5.74) is 1.98. The molecule has 0 unspecified atom stereocenters. The topological polar surface area (TPSA) is 48.8 Å². The Kier molecular flexibility index (Phi) is 4.49. The molecule has 1 N–H and O–H groups in total. The maximum absolute atomic E-state index is 9.16. The summed E-state index contributed by atoms with van der Waals surface area (Å²) in [4.78, 5) is 9.20. The lowest BCUT2D eigenvalue weighted by Crippen LogP contribution is -2.52. The predicted octanol–water partition coefficient (Wildman–Crippen LogP) is 2.36. The Morgan fingerprint density at radius 2 is 2.09 bits per heavy atom. The third-order valence-corrected chi connectivity index (χ3v) is 4.94. The van der Waals surface area contributed by atoms with E-state index in [1.165, 1.54) is 5.69 Å². The van der Waals surface area contributed by atoms with Crippen LogP contribution in [0.15, 0.2) is 29.6 Å². The lowest BCUT2D eigenvalue weighted by molar-refractivity contribution is 0.277. The van der Waals surface area contributed by atoms with Crippen molar-refractivity contribution in [2.45, 2.75) is 19.6 Å². The molecule has 0 bridgehead atoms. The zero-order chi connectivity index (χ0) is 15.5.